The molecule has 1 N–H and O–H groups in total. The number of rotatable bonds is 6. The van der Waals surface area contributed by atoms with Crippen LogP contribution >= 0.6 is 28.5 Å². The highest BCUT2D eigenvalue weighted by atomic mass is 127. The first-order valence-corrected chi connectivity index (χ1v) is 13.2. The van der Waals surface area contributed by atoms with E-state index in [9.17, 15) is 9.59 Å². The molecule has 10 heteroatoms. The number of benzene rings is 1. The summed E-state index contributed by atoms with van der Waals surface area (Å²) in [5.41, 5.74) is 4.07. The molecule has 1 saturated heterocycles. The van der Waals surface area contributed by atoms with Crippen molar-refractivity contribution >= 4 is 34.4 Å². The number of nitrogens with one attached hydrogen (secondary N) is 1. The molecule has 0 bridgehead atoms. The molecule has 2 aliphatic heterocycles. The predicted molar refractivity (Wildman–Crippen MR) is 118 cm³/mol. The number of aromatic nitrogens is 1. The summed E-state index contributed by atoms with van der Waals surface area (Å²) >= 11 is 2.12. The molecular weight excluding hydrogens is 508 g/mol. The van der Waals surface area contributed by atoms with Crippen LogP contribution in [-0.4, -0.2) is 41.4 Å². The summed E-state index contributed by atoms with van der Waals surface area (Å²) < 4.78 is 18.6. The van der Waals surface area contributed by atoms with Crippen LogP contribution < -0.4 is 15.6 Å². The Labute approximate surface area is 182 Å². The summed E-state index contributed by atoms with van der Waals surface area (Å²) in [6, 6.07) is 11.0. The highest BCUT2D eigenvalue weighted by Gasteiger charge is 2.47. The van der Waals surface area contributed by atoms with E-state index in [0.717, 1.165) is 5.56 Å². The third kappa shape index (κ3) is 3.88. The Balaban J connectivity index is 1.77. The van der Waals surface area contributed by atoms with Crippen LogP contribution in [0.5, 0.6) is 5.75 Å². The molecule has 2 atom stereocenters. The molecule has 0 radical (unpaired) electrons. The lowest BCUT2D eigenvalue weighted by Crippen LogP contribution is -2.63. The SMILES string of the molecule is CN1C(=O)c2c(OCc3ccccc3)c(=O)cc(COPI)n2NC12CCOC2. The third-order valence-electron chi connectivity index (χ3n) is 5.22. The Hall–Kier alpha value is -1.68. The van der Waals surface area contributed by atoms with E-state index in [2.05, 4.69) is 27.5 Å². The Morgan fingerprint density at radius 2 is 2.07 bits per heavy atom. The number of hydrogen-bond acceptors (Lipinski definition) is 6. The van der Waals surface area contributed by atoms with E-state index in [1.807, 2.05) is 30.3 Å². The van der Waals surface area contributed by atoms with Crippen LogP contribution in [0, 0.1) is 0 Å². The van der Waals surface area contributed by atoms with Gasteiger partial charge in [-0.3, -0.25) is 19.7 Å². The Morgan fingerprint density at radius 3 is 2.76 bits per heavy atom. The highest BCUT2D eigenvalue weighted by molar-refractivity contribution is 14.2. The summed E-state index contributed by atoms with van der Waals surface area (Å²) in [7, 11) is 1.72. The zero-order valence-electron chi connectivity index (χ0n) is 15.8. The average molecular weight is 529 g/mol. The average Bonchev–Trinajstić information content (AvgIpc) is 3.20. The molecule has 1 aromatic carbocycles. The van der Waals surface area contributed by atoms with Crippen LogP contribution in [0.1, 0.15) is 28.2 Å². The van der Waals surface area contributed by atoms with E-state index in [1.54, 1.807) is 16.6 Å². The van der Waals surface area contributed by atoms with Gasteiger partial charge in [-0.1, -0.05) is 30.3 Å². The largest absolute Gasteiger partial charge is 0.482 e. The van der Waals surface area contributed by atoms with Crippen molar-refractivity contribution in [2.24, 2.45) is 0 Å². The van der Waals surface area contributed by atoms with Gasteiger partial charge in [-0.25, -0.2) is 0 Å². The lowest BCUT2D eigenvalue weighted by molar-refractivity contribution is 0.0454. The van der Waals surface area contributed by atoms with Crippen molar-refractivity contribution in [1.82, 2.24) is 9.58 Å². The molecule has 3 heterocycles. The van der Waals surface area contributed by atoms with E-state index in [1.165, 1.54) is 6.07 Å². The van der Waals surface area contributed by atoms with E-state index < -0.39 is 5.66 Å². The van der Waals surface area contributed by atoms with Crippen LogP contribution in [0.4, 0.5) is 0 Å². The van der Waals surface area contributed by atoms with E-state index in [0.29, 0.717) is 25.3 Å². The van der Waals surface area contributed by atoms with Crippen LogP contribution in [0.2, 0.25) is 0 Å². The maximum absolute atomic E-state index is 13.3. The first kappa shape index (κ1) is 20.6. The number of carbonyl (C=O) groups is 1. The van der Waals surface area contributed by atoms with Crippen LogP contribution in [0.3, 0.4) is 0 Å². The zero-order valence-corrected chi connectivity index (χ0v) is 19.0. The second kappa shape index (κ2) is 8.59. The Bertz CT molecular complexity index is 962. The summed E-state index contributed by atoms with van der Waals surface area (Å²) in [5, 5.41) is 0. The first-order valence-electron chi connectivity index (χ1n) is 9.13. The van der Waals surface area contributed by atoms with Gasteiger partial charge in [-0.15, -0.1) is 0 Å². The summed E-state index contributed by atoms with van der Waals surface area (Å²) in [5.74, 6) is -0.249. The first-order chi connectivity index (χ1) is 14.1. The Morgan fingerprint density at radius 1 is 1.28 bits per heavy atom. The normalized spacial score (nSPS) is 21.0. The van der Waals surface area contributed by atoms with Gasteiger partial charge in [0.2, 0.25) is 5.43 Å². The molecule has 0 aliphatic carbocycles. The molecule has 4 rings (SSSR count). The molecule has 29 heavy (non-hydrogen) atoms. The van der Waals surface area contributed by atoms with Gasteiger partial charge in [0.25, 0.3) is 5.91 Å². The zero-order chi connectivity index (χ0) is 20.4. The standard InChI is InChI=1S/C19H21IN3O5P/c1-22-18(25)16-17(27-10-13-5-3-2-4-6-13)15(24)9-14(11-28-29-20)23(16)21-19(22)7-8-26-12-19/h2-6,9,21,29H,7-8,10-12H2,1H3. The summed E-state index contributed by atoms with van der Waals surface area (Å²) in [6.07, 6.45) is 0.648. The second-order valence-corrected chi connectivity index (χ2v) is 8.73. The predicted octanol–water partition coefficient (Wildman–Crippen LogP) is 2.63. The molecule has 2 aliphatic rings. The number of pyridine rings is 1. The number of hydrogen-bond donors (Lipinski definition) is 1. The Kier molecular flexibility index (Phi) is 6.10. The van der Waals surface area contributed by atoms with Gasteiger partial charge in [-0.05, 0) is 27.6 Å². The van der Waals surface area contributed by atoms with Crippen molar-refractivity contribution < 1.29 is 18.8 Å². The molecule has 2 aromatic rings. The molecule has 1 fully saturated rings. The number of fused-ring (bicyclic) bond motifs is 1. The summed E-state index contributed by atoms with van der Waals surface area (Å²) in [4.78, 5) is 27.8. The molecule has 154 valence electrons. The van der Waals surface area contributed by atoms with Crippen molar-refractivity contribution in [3.63, 3.8) is 0 Å². The van der Waals surface area contributed by atoms with Gasteiger partial charge in [0.15, 0.2) is 17.1 Å². The minimum atomic E-state index is -0.656. The molecule has 1 aromatic heterocycles. The van der Waals surface area contributed by atoms with Gasteiger partial charge in [0.1, 0.15) is 6.61 Å². The van der Waals surface area contributed by atoms with Crippen LogP contribution in [0.15, 0.2) is 41.2 Å². The molecule has 0 saturated carbocycles. The number of ether oxygens (including phenoxy) is 2. The lowest BCUT2D eigenvalue weighted by Gasteiger charge is -2.45. The van der Waals surface area contributed by atoms with Gasteiger partial charge < -0.3 is 18.9 Å². The number of halogens is 1. The van der Waals surface area contributed by atoms with E-state index >= 15 is 0 Å². The number of amides is 1. The fourth-order valence-corrected chi connectivity index (χ4v) is 4.25. The van der Waals surface area contributed by atoms with Crippen LogP contribution in [-0.2, 0) is 22.5 Å². The van der Waals surface area contributed by atoms with Crippen molar-refractivity contribution in [3.8, 4) is 5.75 Å². The maximum Gasteiger partial charge on any atom is 0.278 e. The maximum atomic E-state index is 13.3. The number of nitrogens with zero attached hydrogens (tertiary/aromatic N) is 2. The molecule has 8 nitrogen and oxygen atoms in total. The van der Waals surface area contributed by atoms with Crippen LogP contribution in [0.25, 0.3) is 0 Å². The number of carbonyl (C=O) groups excluding carboxylic acids is 1. The van der Waals surface area contributed by atoms with Crippen molar-refractivity contribution in [1.29, 1.82) is 0 Å². The molecule has 1 spiro atoms. The van der Waals surface area contributed by atoms with Crippen molar-refractivity contribution in [2.75, 3.05) is 25.7 Å². The molecule has 2 unspecified atom stereocenters. The molecule has 1 amide bonds. The lowest BCUT2D eigenvalue weighted by atomic mass is 10.1. The van der Waals surface area contributed by atoms with E-state index in [-0.39, 0.29) is 42.4 Å². The van der Waals surface area contributed by atoms with Gasteiger partial charge in [0.05, 0.1) is 32.0 Å². The monoisotopic (exact) mass is 529 g/mol. The fraction of sp³-hybridized carbons (Fsp3) is 0.368. The van der Waals surface area contributed by atoms with Gasteiger partial charge >= 0.3 is 0 Å². The van der Waals surface area contributed by atoms with Crippen molar-refractivity contribution in [3.05, 3.63) is 63.6 Å². The topological polar surface area (TPSA) is 82.0 Å². The quantitative estimate of drug-likeness (QED) is 0.458. The van der Waals surface area contributed by atoms with Gasteiger partial charge in [0, 0.05) is 19.5 Å². The van der Waals surface area contributed by atoms with Crippen molar-refractivity contribution in [2.45, 2.75) is 25.3 Å². The minimum Gasteiger partial charge on any atom is -0.482 e. The second-order valence-electron chi connectivity index (χ2n) is 6.96. The molecular formula is C19H21IN3O5P. The fourth-order valence-electron chi connectivity index (χ4n) is 3.58. The smallest absolute Gasteiger partial charge is 0.278 e. The minimum absolute atomic E-state index is 0.0349. The summed E-state index contributed by atoms with van der Waals surface area (Å²) in [6.45, 7) is 1.57. The number of likely N-dealkylation sites (N-methyl/N-ethyl adjacent to an activating group) is 1. The third-order valence-corrected chi connectivity index (χ3v) is 6.41. The highest BCUT2D eigenvalue weighted by Crippen LogP contribution is 2.33. The van der Waals surface area contributed by atoms with Gasteiger partial charge in [-0.2, -0.15) is 0 Å². The van der Waals surface area contributed by atoms with E-state index in [4.69, 9.17) is 14.0 Å².